The minimum atomic E-state index is 0.0674. The molecule has 5 nitrogen and oxygen atoms in total. The molecule has 0 radical (unpaired) electrons. The molecule has 0 amide bonds. The molecule has 0 bridgehead atoms. The summed E-state index contributed by atoms with van der Waals surface area (Å²) in [5.74, 6) is 0.0674. The number of nitriles is 1. The van der Waals surface area contributed by atoms with Crippen LogP contribution in [-0.4, -0.2) is 17.6 Å². The van der Waals surface area contributed by atoms with Crippen molar-refractivity contribution >= 4 is 11.5 Å². The van der Waals surface area contributed by atoms with Crippen LogP contribution in [0.5, 0.6) is 0 Å². The second-order valence-corrected chi connectivity index (χ2v) is 2.60. The van der Waals surface area contributed by atoms with Crippen LogP contribution < -0.4 is 11.1 Å². The molecule has 0 saturated carbocycles. The fraction of sp³-hybridized carbons (Fsp3) is 0.111. The number of nitrogens with two attached hydrogens (primary N) is 1. The molecule has 5 heteroatoms. The molecular formula is C9H10N4O. The third kappa shape index (κ3) is 2.38. The van der Waals surface area contributed by atoms with E-state index >= 15 is 0 Å². The molecule has 14 heavy (non-hydrogen) atoms. The SMILES string of the molecule is N#Cc1ccccc1NC/C(N)=N\O. The molecule has 0 fully saturated rings. The number of rotatable bonds is 3. The predicted octanol–water partition coefficient (Wildman–Crippen LogP) is 0.717. The summed E-state index contributed by atoms with van der Waals surface area (Å²) in [7, 11) is 0. The zero-order valence-electron chi connectivity index (χ0n) is 7.44. The largest absolute Gasteiger partial charge is 0.409 e. The number of nitrogens with one attached hydrogen (secondary N) is 1. The molecule has 1 aromatic rings. The average Bonchev–Trinajstić information content (AvgIpc) is 2.26. The second kappa shape index (κ2) is 4.72. The monoisotopic (exact) mass is 190 g/mol. The molecule has 0 aliphatic carbocycles. The van der Waals surface area contributed by atoms with Crippen molar-refractivity contribution in [2.75, 3.05) is 11.9 Å². The van der Waals surface area contributed by atoms with E-state index in [4.69, 9.17) is 16.2 Å². The predicted molar refractivity (Wildman–Crippen MR) is 53.1 cm³/mol. The van der Waals surface area contributed by atoms with Crippen molar-refractivity contribution < 1.29 is 5.21 Å². The summed E-state index contributed by atoms with van der Waals surface area (Å²) in [6, 6.07) is 9.05. The molecule has 1 rings (SSSR count). The number of hydrogen-bond acceptors (Lipinski definition) is 4. The van der Waals surface area contributed by atoms with Gasteiger partial charge >= 0.3 is 0 Å². The Morgan fingerprint density at radius 1 is 1.57 bits per heavy atom. The summed E-state index contributed by atoms with van der Waals surface area (Å²) in [6.07, 6.45) is 0. The van der Waals surface area contributed by atoms with Crippen LogP contribution in [0.15, 0.2) is 29.4 Å². The summed E-state index contributed by atoms with van der Waals surface area (Å²) in [6.45, 7) is 0.204. The van der Waals surface area contributed by atoms with Crippen molar-refractivity contribution in [3.05, 3.63) is 29.8 Å². The molecule has 0 aliphatic rings. The van der Waals surface area contributed by atoms with Crippen LogP contribution >= 0.6 is 0 Å². The van der Waals surface area contributed by atoms with Gasteiger partial charge in [-0.1, -0.05) is 17.3 Å². The van der Waals surface area contributed by atoms with Crippen molar-refractivity contribution in [1.29, 1.82) is 5.26 Å². The van der Waals surface area contributed by atoms with Gasteiger partial charge < -0.3 is 16.3 Å². The van der Waals surface area contributed by atoms with Crippen molar-refractivity contribution in [2.45, 2.75) is 0 Å². The molecule has 0 heterocycles. The van der Waals surface area contributed by atoms with Gasteiger partial charge in [0, 0.05) is 0 Å². The summed E-state index contributed by atoms with van der Waals surface area (Å²) in [5.41, 5.74) is 6.46. The number of amidine groups is 1. The van der Waals surface area contributed by atoms with E-state index in [2.05, 4.69) is 10.5 Å². The van der Waals surface area contributed by atoms with Gasteiger partial charge in [-0.3, -0.25) is 0 Å². The van der Waals surface area contributed by atoms with Crippen LogP contribution in [0.1, 0.15) is 5.56 Å². The fourth-order valence-electron chi connectivity index (χ4n) is 0.956. The smallest absolute Gasteiger partial charge is 0.158 e. The lowest BCUT2D eigenvalue weighted by molar-refractivity contribution is 0.317. The lowest BCUT2D eigenvalue weighted by Crippen LogP contribution is -2.22. The molecule has 0 aliphatic heterocycles. The highest BCUT2D eigenvalue weighted by Crippen LogP contribution is 2.12. The Balaban J connectivity index is 2.73. The Hall–Kier alpha value is -2.22. The lowest BCUT2D eigenvalue weighted by Gasteiger charge is -2.05. The summed E-state index contributed by atoms with van der Waals surface area (Å²) in [4.78, 5) is 0. The summed E-state index contributed by atoms with van der Waals surface area (Å²) in [5, 5.41) is 22.7. The molecule has 0 unspecified atom stereocenters. The van der Waals surface area contributed by atoms with Gasteiger partial charge in [-0.2, -0.15) is 5.26 Å². The van der Waals surface area contributed by atoms with Crippen molar-refractivity contribution in [3.63, 3.8) is 0 Å². The molecule has 0 aromatic heterocycles. The van der Waals surface area contributed by atoms with E-state index < -0.39 is 0 Å². The first kappa shape index (κ1) is 9.86. The van der Waals surface area contributed by atoms with Gasteiger partial charge in [-0.15, -0.1) is 0 Å². The molecule has 0 saturated heterocycles. The third-order valence-corrected chi connectivity index (χ3v) is 1.64. The number of oxime groups is 1. The van der Waals surface area contributed by atoms with E-state index in [0.29, 0.717) is 11.3 Å². The zero-order valence-corrected chi connectivity index (χ0v) is 7.44. The highest BCUT2D eigenvalue weighted by molar-refractivity contribution is 5.84. The van der Waals surface area contributed by atoms with Crippen LogP contribution in [-0.2, 0) is 0 Å². The van der Waals surface area contributed by atoms with Gasteiger partial charge in [0.25, 0.3) is 0 Å². The molecule has 0 spiro atoms. The Kier molecular flexibility index (Phi) is 3.33. The fourth-order valence-corrected chi connectivity index (χ4v) is 0.956. The van der Waals surface area contributed by atoms with E-state index in [0.717, 1.165) is 0 Å². The van der Waals surface area contributed by atoms with E-state index in [1.54, 1.807) is 24.3 Å². The van der Waals surface area contributed by atoms with Crippen LogP contribution in [0.2, 0.25) is 0 Å². The number of nitrogens with zero attached hydrogens (tertiary/aromatic N) is 2. The van der Waals surface area contributed by atoms with Crippen molar-refractivity contribution in [1.82, 2.24) is 0 Å². The van der Waals surface area contributed by atoms with E-state index in [1.807, 2.05) is 6.07 Å². The van der Waals surface area contributed by atoms with Gasteiger partial charge in [0.2, 0.25) is 0 Å². The Bertz CT molecular complexity index is 381. The molecule has 72 valence electrons. The third-order valence-electron chi connectivity index (χ3n) is 1.64. The highest BCUT2D eigenvalue weighted by atomic mass is 16.4. The van der Waals surface area contributed by atoms with Crippen LogP contribution in [0.4, 0.5) is 5.69 Å². The molecule has 0 atom stereocenters. The van der Waals surface area contributed by atoms with E-state index in [9.17, 15) is 0 Å². The zero-order chi connectivity index (χ0) is 10.4. The average molecular weight is 190 g/mol. The van der Waals surface area contributed by atoms with Crippen LogP contribution in [0.3, 0.4) is 0 Å². The van der Waals surface area contributed by atoms with E-state index in [1.165, 1.54) is 0 Å². The quantitative estimate of drug-likeness (QED) is 0.283. The Labute approximate surface area is 81.5 Å². The number of benzene rings is 1. The number of para-hydroxylation sites is 1. The van der Waals surface area contributed by atoms with Gasteiger partial charge in [0.05, 0.1) is 17.8 Å². The Morgan fingerprint density at radius 3 is 2.93 bits per heavy atom. The van der Waals surface area contributed by atoms with Gasteiger partial charge in [-0.05, 0) is 12.1 Å². The molecular weight excluding hydrogens is 180 g/mol. The minimum absolute atomic E-state index is 0.0674. The highest BCUT2D eigenvalue weighted by Gasteiger charge is 1.99. The maximum atomic E-state index is 8.74. The summed E-state index contributed by atoms with van der Waals surface area (Å²) >= 11 is 0. The van der Waals surface area contributed by atoms with Crippen molar-refractivity contribution in [3.8, 4) is 6.07 Å². The van der Waals surface area contributed by atoms with E-state index in [-0.39, 0.29) is 12.4 Å². The topological polar surface area (TPSA) is 94.4 Å². The Morgan fingerprint density at radius 2 is 2.29 bits per heavy atom. The number of anilines is 1. The van der Waals surface area contributed by atoms with Crippen molar-refractivity contribution in [2.24, 2.45) is 10.9 Å². The van der Waals surface area contributed by atoms with Crippen LogP contribution in [0.25, 0.3) is 0 Å². The standard InChI is InChI=1S/C9H10N4O/c10-5-7-3-1-2-4-8(7)12-6-9(11)13-14/h1-4,12,14H,6H2,(H2,11,13). The first-order chi connectivity index (χ1) is 6.77. The maximum absolute atomic E-state index is 8.74. The first-order valence-corrected chi connectivity index (χ1v) is 3.97. The second-order valence-electron chi connectivity index (χ2n) is 2.60. The molecule has 4 N–H and O–H groups in total. The van der Waals surface area contributed by atoms with Gasteiger partial charge in [0.1, 0.15) is 6.07 Å². The van der Waals surface area contributed by atoms with Gasteiger partial charge in [0.15, 0.2) is 5.84 Å². The molecule has 1 aromatic carbocycles. The summed E-state index contributed by atoms with van der Waals surface area (Å²) < 4.78 is 0. The lowest BCUT2D eigenvalue weighted by atomic mass is 10.2. The maximum Gasteiger partial charge on any atom is 0.158 e. The normalized spacial score (nSPS) is 10.6. The first-order valence-electron chi connectivity index (χ1n) is 3.97. The van der Waals surface area contributed by atoms with Gasteiger partial charge in [-0.25, -0.2) is 0 Å². The minimum Gasteiger partial charge on any atom is -0.409 e. The van der Waals surface area contributed by atoms with Crippen LogP contribution in [0, 0.1) is 11.3 Å². The number of hydrogen-bond donors (Lipinski definition) is 3.